The largest absolute Gasteiger partial charge is 0.288 e. The van der Waals surface area contributed by atoms with Crippen molar-refractivity contribution >= 4 is 5.69 Å². The molecule has 3 aliphatic heterocycles. The summed E-state index contributed by atoms with van der Waals surface area (Å²) in [5.41, 5.74) is 9.14. The number of fused-ring (bicyclic) bond motifs is 3. The molecule has 4 nitrogen and oxygen atoms in total. The third kappa shape index (κ3) is 2.54. The molecule has 3 heterocycles. The monoisotopic (exact) mass is 426 g/mol. The van der Waals surface area contributed by atoms with Gasteiger partial charge >= 0.3 is 0 Å². The van der Waals surface area contributed by atoms with Crippen LogP contribution in [0.1, 0.15) is 48.6 Å². The van der Waals surface area contributed by atoms with E-state index in [0.717, 1.165) is 17.7 Å². The molecule has 2 saturated heterocycles. The fraction of sp³-hybridized carbons (Fsp3) is 0.357. The third-order valence-corrected chi connectivity index (χ3v) is 7.03. The fourth-order valence-electron chi connectivity index (χ4n) is 5.94. The van der Waals surface area contributed by atoms with E-state index in [1.165, 1.54) is 33.4 Å². The second-order valence-corrected chi connectivity index (χ2v) is 10.7. The average Bonchev–Trinajstić information content (AvgIpc) is 3.26. The Morgan fingerprint density at radius 3 is 2.34 bits per heavy atom. The first kappa shape index (κ1) is 20.0. The van der Waals surface area contributed by atoms with E-state index in [-0.39, 0.29) is 5.41 Å². The van der Waals surface area contributed by atoms with Crippen molar-refractivity contribution in [2.45, 2.75) is 52.6 Å². The predicted octanol–water partition coefficient (Wildman–Crippen LogP) is 5.91. The van der Waals surface area contributed by atoms with Crippen molar-refractivity contribution in [3.05, 3.63) is 88.5 Å². The molecule has 0 saturated carbocycles. The van der Waals surface area contributed by atoms with E-state index in [1.54, 1.807) is 0 Å². The van der Waals surface area contributed by atoms with Crippen LogP contribution < -0.4 is 10.2 Å². The van der Waals surface area contributed by atoms with E-state index in [2.05, 4.69) is 105 Å². The first-order valence-corrected chi connectivity index (χ1v) is 11.5. The Bertz CT molecular complexity index is 1210. The zero-order chi connectivity index (χ0) is 22.3. The standard InChI is InChI=1S/C28H30N2O2/c1-18-9-8-10-19(2)25(18)27-17-29-28(32-31-27)23-12-7-6-11-21(23)22-15-20(16-26(3,4)5)13-14-24(22)30(27)28/h6-15,29H,16-17H2,1-5H3. The Morgan fingerprint density at radius 1 is 0.906 bits per heavy atom. The van der Waals surface area contributed by atoms with Crippen molar-refractivity contribution in [2.75, 3.05) is 11.4 Å². The van der Waals surface area contributed by atoms with Gasteiger partial charge in [-0.05, 0) is 60.1 Å². The molecule has 0 radical (unpaired) electrons. The second-order valence-electron chi connectivity index (χ2n) is 10.7. The van der Waals surface area contributed by atoms with Crippen LogP contribution in [0.4, 0.5) is 5.69 Å². The number of nitrogens with one attached hydrogen (secondary N) is 1. The third-order valence-electron chi connectivity index (χ3n) is 7.03. The quantitative estimate of drug-likeness (QED) is 0.517. The van der Waals surface area contributed by atoms with Gasteiger partial charge in [-0.25, -0.2) is 0 Å². The van der Waals surface area contributed by atoms with E-state index in [0.29, 0.717) is 6.54 Å². The summed E-state index contributed by atoms with van der Waals surface area (Å²) in [7, 11) is 0. The molecule has 2 fully saturated rings. The molecule has 2 unspecified atom stereocenters. The van der Waals surface area contributed by atoms with Crippen LogP contribution in [0, 0.1) is 19.3 Å². The van der Waals surface area contributed by atoms with Crippen molar-refractivity contribution in [3.8, 4) is 11.1 Å². The fourth-order valence-corrected chi connectivity index (χ4v) is 5.94. The Labute approximate surface area is 190 Å². The molecule has 0 aromatic heterocycles. The first-order chi connectivity index (χ1) is 15.3. The summed E-state index contributed by atoms with van der Waals surface area (Å²) in [4.78, 5) is 14.9. The molecule has 3 aromatic rings. The summed E-state index contributed by atoms with van der Waals surface area (Å²) in [5, 5.41) is 3.69. The van der Waals surface area contributed by atoms with Gasteiger partial charge in [-0.2, -0.15) is 9.78 Å². The molecular weight excluding hydrogens is 396 g/mol. The maximum Gasteiger partial charge on any atom is 0.260 e. The van der Waals surface area contributed by atoms with Gasteiger partial charge in [0.1, 0.15) is 0 Å². The highest BCUT2D eigenvalue weighted by Crippen LogP contribution is 2.60. The van der Waals surface area contributed by atoms with Gasteiger partial charge in [0.15, 0.2) is 0 Å². The van der Waals surface area contributed by atoms with E-state index < -0.39 is 11.6 Å². The molecule has 1 N–H and O–H groups in total. The minimum atomic E-state index is -0.830. The number of anilines is 1. The first-order valence-electron chi connectivity index (χ1n) is 11.5. The minimum Gasteiger partial charge on any atom is -0.288 e. The maximum atomic E-state index is 6.31. The van der Waals surface area contributed by atoms with Gasteiger partial charge in [0.2, 0.25) is 5.72 Å². The molecule has 2 bridgehead atoms. The van der Waals surface area contributed by atoms with Crippen molar-refractivity contribution in [3.63, 3.8) is 0 Å². The van der Waals surface area contributed by atoms with Crippen LogP contribution in [0.25, 0.3) is 11.1 Å². The van der Waals surface area contributed by atoms with Crippen LogP contribution in [0.2, 0.25) is 0 Å². The number of hydrogen-bond acceptors (Lipinski definition) is 4. The molecule has 6 rings (SSSR count). The highest BCUT2D eigenvalue weighted by atomic mass is 17.2. The van der Waals surface area contributed by atoms with Crippen molar-refractivity contribution in [1.29, 1.82) is 0 Å². The minimum absolute atomic E-state index is 0.226. The van der Waals surface area contributed by atoms with Gasteiger partial charge < -0.3 is 0 Å². The molecule has 164 valence electrons. The number of aryl methyl sites for hydroxylation is 2. The van der Waals surface area contributed by atoms with E-state index in [9.17, 15) is 0 Å². The Kier molecular flexibility index (Phi) is 4.02. The Hall–Kier alpha value is -2.66. The molecule has 0 aliphatic carbocycles. The molecule has 32 heavy (non-hydrogen) atoms. The average molecular weight is 427 g/mol. The van der Waals surface area contributed by atoms with Crippen molar-refractivity contribution in [2.24, 2.45) is 5.41 Å². The van der Waals surface area contributed by atoms with E-state index in [1.807, 2.05) is 0 Å². The lowest BCUT2D eigenvalue weighted by atomic mass is 9.83. The highest BCUT2D eigenvalue weighted by molar-refractivity contribution is 5.87. The smallest absolute Gasteiger partial charge is 0.260 e. The van der Waals surface area contributed by atoms with Crippen LogP contribution in [0.3, 0.4) is 0 Å². The van der Waals surface area contributed by atoms with Crippen LogP contribution in [0.15, 0.2) is 60.7 Å². The summed E-state index contributed by atoms with van der Waals surface area (Å²) in [6, 6.07) is 21.8. The number of rotatable bonds is 2. The van der Waals surface area contributed by atoms with E-state index >= 15 is 0 Å². The lowest BCUT2D eigenvalue weighted by Gasteiger charge is -2.41. The zero-order valence-electron chi connectivity index (χ0n) is 19.5. The van der Waals surface area contributed by atoms with Crippen molar-refractivity contribution < 1.29 is 9.78 Å². The second kappa shape index (κ2) is 6.44. The van der Waals surface area contributed by atoms with Gasteiger partial charge in [-0.1, -0.05) is 69.3 Å². The van der Waals surface area contributed by atoms with Gasteiger partial charge in [0, 0.05) is 16.7 Å². The number of benzene rings is 3. The van der Waals surface area contributed by atoms with Crippen LogP contribution in [-0.4, -0.2) is 6.54 Å². The van der Waals surface area contributed by atoms with Crippen molar-refractivity contribution in [1.82, 2.24) is 5.32 Å². The summed E-state index contributed by atoms with van der Waals surface area (Å²) in [6.07, 6.45) is 1.03. The Morgan fingerprint density at radius 2 is 1.66 bits per heavy atom. The Balaban J connectivity index is 1.61. The summed E-state index contributed by atoms with van der Waals surface area (Å²) >= 11 is 0. The number of nitrogens with zero attached hydrogens (tertiary/aromatic N) is 1. The molecule has 0 spiro atoms. The number of hydrogen-bond donors (Lipinski definition) is 1. The summed E-state index contributed by atoms with van der Waals surface area (Å²) in [6.45, 7) is 11.8. The van der Waals surface area contributed by atoms with E-state index in [4.69, 9.17) is 9.78 Å². The summed E-state index contributed by atoms with van der Waals surface area (Å²) in [5.74, 6) is -0.830. The summed E-state index contributed by atoms with van der Waals surface area (Å²) < 4.78 is 0. The van der Waals surface area contributed by atoms with Gasteiger partial charge in [0.25, 0.3) is 5.85 Å². The topological polar surface area (TPSA) is 33.7 Å². The molecule has 2 atom stereocenters. The normalized spacial score (nSPS) is 25.5. The SMILES string of the molecule is Cc1cccc(C)c1C12CNC3(OO1)c1ccccc1-c1cc(CC(C)(C)C)ccc1N23. The van der Waals surface area contributed by atoms with Crippen LogP contribution in [0.5, 0.6) is 0 Å². The van der Waals surface area contributed by atoms with Gasteiger partial charge in [-0.3, -0.25) is 10.2 Å². The van der Waals surface area contributed by atoms with Crippen LogP contribution >= 0.6 is 0 Å². The molecule has 4 heteroatoms. The molecule has 3 aromatic carbocycles. The maximum absolute atomic E-state index is 6.31. The van der Waals surface area contributed by atoms with Gasteiger partial charge in [0.05, 0.1) is 12.2 Å². The predicted molar refractivity (Wildman–Crippen MR) is 127 cm³/mol. The zero-order valence-corrected chi connectivity index (χ0v) is 19.5. The molecule has 3 aliphatic rings. The molecule has 0 amide bonds. The van der Waals surface area contributed by atoms with Crippen LogP contribution in [-0.2, 0) is 27.8 Å². The van der Waals surface area contributed by atoms with Gasteiger partial charge in [-0.15, -0.1) is 0 Å². The molecular formula is C28H30N2O2. The lowest BCUT2D eigenvalue weighted by molar-refractivity contribution is -0.384. The lowest BCUT2D eigenvalue weighted by Crippen LogP contribution is -2.51. The highest BCUT2D eigenvalue weighted by Gasteiger charge is 2.69.